The summed E-state index contributed by atoms with van der Waals surface area (Å²) in [4.78, 5) is 2.61. The van der Waals surface area contributed by atoms with Crippen molar-refractivity contribution in [1.82, 2.24) is 10.2 Å². The molecule has 0 spiro atoms. The summed E-state index contributed by atoms with van der Waals surface area (Å²) in [6.45, 7) is 3.46. The maximum absolute atomic E-state index is 7.29. The van der Waals surface area contributed by atoms with Gasteiger partial charge >= 0.3 is 0 Å². The Hall–Kier alpha value is -3.02. The van der Waals surface area contributed by atoms with Gasteiger partial charge in [-0.1, -0.05) is 131 Å². The summed E-state index contributed by atoms with van der Waals surface area (Å²) >= 11 is 3.62. The molecular formula is C34H33BrN2O. The van der Waals surface area contributed by atoms with E-state index in [1.54, 1.807) is 0 Å². The van der Waals surface area contributed by atoms with E-state index in [1.165, 1.54) is 5.56 Å². The minimum atomic E-state index is -0.712. The van der Waals surface area contributed by atoms with Gasteiger partial charge in [-0.05, 0) is 34.4 Å². The molecule has 6 rings (SSSR count). The fourth-order valence-corrected chi connectivity index (χ4v) is 6.49. The Kier molecular flexibility index (Phi) is 7.57. The number of rotatable bonds is 7. The molecule has 2 aliphatic heterocycles. The van der Waals surface area contributed by atoms with Gasteiger partial charge in [-0.2, -0.15) is 0 Å². The highest BCUT2D eigenvalue weighted by Gasteiger charge is 2.50. The highest BCUT2D eigenvalue weighted by Crippen LogP contribution is 2.45. The van der Waals surface area contributed by atoms with Gasteiger partial charge in [-0.15, -0.1) is 0 Å². The van der Waals surface area contributed by atoms with Crippen LogP contribution < -0.4 is 5.32 Å². The second kappa shape index (κ2) is 11.4. The molecule has 0 aromatic heterocycles. The summed E-state index contributed by atoms with van der Waals surface area (Å²) in [7, 11) is 0. The maximum Gasteiger partial charge on any atom is 0.143 e. The fourth-order valence-electron chi connectivity index (χ4n) is 6.23. The number of nitrogens with zero attached hydrogens (tertiary/aromatic N) is 1. The van der Waals surface area contributed by atoms with Gasteiger partial charge in [0, 0.05) is 42.1 Å². The van der Waals surface area contributed by atoms with Crippen LogP contribution in [0.5, 0.6) is 0 Å². The third-order valence-electron chi connectivity index (χ3n) is 8.05. The van der Waals surface area contributed by atoms with Gasteiger partial charge in [-0.25, -0.2) is 0 Å². The van der Waals surface area contributed by atoms with Crippen molar-refractivity contribution in [1.29, 1.82) is 0 Å². The lowest BCUT2D eigenvalue weighted by molar-refractivity contribution is -0.0884. The number of benzene rings is 4. The number of ether oxygens (including phenoxy) is 1. The normalized spacial score (nSPS) is 21.7. The van der Waals surface area contributed by atoms with Gasteiger partial charge in [0.15, 0.2) is 0 Å². The number of hydrogen-bond acceptors (Lipinski definition) is 3. The molecule has 0 aliphatic carbocycles. The van der Waals surface area contributed by atoms with E-state index in [-0.39, 0.29) is 6.04 Å². The molecule has 1 N–H and O–H groups in total. The van der Waals surface area contributed by atoms with E-state index < -0.39 is 5.60 Å². The third kappa shape index (κ3) is 4.78. The van der Waals surface area contributed by atoms with Crippen LogP contribution in [0.25, 0.3) is 0 Å². The predicted molar refractivity (Wildman–Crippen MR) is 158 cm³/mol. The summed E-state index contributed by atoms with van der Waals surface area (Å²) in [6, 6.07) is 41.6. The van der Waals surface area contributed by atoms with Crippen LogP contribution >= 0.6 is 15.9 Å². The van der Waals surface area contributed by atoms with Crippen LogP contribution in [0.1, 0.15) is 28.2 Å². The minimum Gasteiger partial charge on any atom is -0.359 e. The molecule has 0 bridgehead atoms. The largest absolute Gasteiger partial charge is 0.359 e. The van der Waals surface area contributed by atoms with E-state index >= 15 is 0 Å². The van der Waals surface area contributed by atoms with Gasteiger partial charge in [-0.3, -0.25) is 4.90 Å². The highest BCUT2D eigenvalue weighted by atomic mass is 79.9. The van der Waals surface area contributed by atoms with Gasteiger partial charge < -0.3 is 10.1 Å². The molecular weight excluding hydrogens is 532 g/mol. The van der Waals surface area contributed by atoms with Crippen molar-refractivity contribution in [3.05, 3.63) is 154 Å². The zero-order valence-corrected chi connectivity index (χ0v) is 23.0. The summed E-state index contributed by atoms with van der Waals surface area (Å²) in [5.74, 6) is 0.391. The standard InChI is InChI=1S/C34H33BrN2O/c35-30-20-18-26(19-21-30)33-31-24-36-22-10-11-23-37(31)32(33)25-38-34(27-12-4-1-5-13-27,28-14-6-2-7-15-28)29-16-8-3-9-17-29/h1-21,31-33,36H,22-25H2/t31?,32-,33?/m1/s1. The molecule has 4 aromatic carbocycles. The number of nitrogens with one attached hydrogen (secondary N) is 1. The smallest absolute Gasteiger partial charge is 0.143 e. The lowest BCUT2D eigenvalue weighted by atomic mass is 9.74. The molecule has 2 aliphatic rings. The van der Waals surface area contributed by atoms with Gasteiger partial charge in [0.05, 0.1) is 6.61 Å². The van der Waals surface area contributed by atoms with Crippen LogP contribution in [0.3, 0.4) is 0 Å². The molecule has 38 heavy (non-hydrogen) atoms. The summed E-state index contributed by atoms with van der Waals surface area (Å²) in [5, 5.41) is 3.62. The Morgan fingerprint density at radius 1 is 0.737 bits per heavy atom. The molecule has 1 fully saturated rings. The van der Waals surface area contributed by atoms with E-state index in [9.17, 15) is 0 Å². The molecule has 3 nitrogen and oxygen atoms in total. The molecule has 1 saturated heterocycles. The van der Waals surface area contributed by atoms with Crippen molar-refractivity contribution in [3.8, 4) is 0 Å². The van der Waals surface area contributed by atoms with Crippen LogP contribution in [-0.2, 0) is 10.3 Å². The topological polar surface area (TPSA) is 24.5 Å². The van der Waals surface area contributed by atoms with Crippen LogP contribution in [-0.4, -0.2) is 43.2 Å². The molecule has 0 radical (unpaired) electrons. The van der Waals surface area contributed by atoms with Crippen molar-refractivity contribution in [2.45, 2.75) is 23.6 Å². The Morgan fingerprint density at radius 3 is 1.84 bits per heavy atom. The molecule has 0 saturated carbocycles. The van der Waals surface area contributed by atoms with Crippen LogP contribution in [0.2, 0.25) is 0 Å². The van der Waals surface area contributed by atoms with Crippen molar-refractivity contribution in [2.24, 2.45) is 0 Å². The first-order valence-electron chi connectivity index (χ1n) is 13.4. The zero-order chi connectivity index (χ0) is 25.8. The van der Waals surface area contributed by atoms with Crippen molar-refractivity contribution < 1.29 is 4.74 Å². The van der Waals surface area contributed by atoms with Crippen molar-refractivity contribution in [2.75, 3.05) is 26.2 Å². The van der Waals surface area contributed by atoms with E-state index in [2.05, 4.69) is 154 Å². The highest BCUT2D eigenvalue weighted by molar-refractivity contribution is 9.10. The van der Waals surface area contributed by atoms with Gasteiger partial charge in [0.2, 0.25) is 0 Å². The third-order valence-corrected chi connectivity index (χ3v) is 8.57. The van der Waals surface area contributed by atoms with E-state index in [0.29, 0.717) is 18.6 Å². The first kappa shape index (κ1) is 25.3. The predicted octanol–water partition coefficient (Wildman–Crippen LogP) is 6.75. The van der Waals surface area contributed by atoms with E-state index in [4.69, 9.17) is 4.74 Å². The molecule has 2 heterocycles. The second-order valence-electron chi connectivity index (χ2n) is 10.1. The first-order valence-corrected chi connectivity index (χ1v) is 14.2. The van der Waals surface area contributed by atoms with Crippen LogP contribution in [0.4, 0.5) is 0 Å². The lowest BCUT2D eigenvalue weighted by Gasteiger charge is -2.56. The molecule has 0 amide bonds. The molecule has 4 heteroatoms. The zero-order valence-electron chi connectivity index (χ0n) is 21.4. The molecule has 4 aromatic rings. The van der Waals surface area contributed by atoms with Crippen LogP contribution in [0.15, 0.2) is 132 Å². The molecule has 2 unspecified atom stereocenters. The molecule has 192 valence electrons. The summed E-state index contributed by atoms with van der Waals surface area (Å²) in [5.41, 5.74) is 4.09. The average Bonchev–Trinajstić information content (AvgIpc) is 2.96. The maximum atomic E-state index is 7.29. The number of halogens is 1. The summed E-state index contributed by atoms with van der Waals surface area (Å²) < 4.78 is 8.40. The first-order chi connectivity index (χ1) is 18.8. The van der Waals surface area contributed by atoms with Crippen molar-refractivity contribution >= 4 is 15.9 Å². The van der Waals surface area contributed by atoms with Gasteiger partial charge in [0.25, 0.3) is 0 Å². The van der Waals surface area contributed by atoms with Gasteiger partial charge in [0.1, 0.15) is 5.60 Å². The average molecular weight is 566 g/mol. The summed E-state index contributed by atoms with van der Waals surface area (Å²) in [6.07, 6.45) is 4.53. The van der Waals surface area contributed by atoms with Crippen molar-refractivity contribution in [3.63, 3.8) is 0 Å². The molecule has 3 atom stereocenters. The monoisotopic (exact) mass is 564 g/mol. The second-order valence-corrected chi connectivity index (χ2v) is 11.0. The minimum absolute atomic E-state index is 0.265. The Labute approximate surface area is 234 Å². The quantitative estimate of drug-likeness (QED) is 0.198. The van der Waals surface area contributed by atoms with E-state index in [1.807, 2.05) is 0 Å². The SMILES string of the molecule is Brc1ccc(C2C3CNCC=CCN3[C@@H]2COC(c2ccccc2)(c2ccccc2)c2ccccc2)cc1. The van der Waals surface area contributed by atoms with Crippen LogP contribution in [0, 0.1) is 0 Å². The Morgan fingerprint density at radius 2 is 1.29 bits per heavy atom. The number of fused-ring (bicyclic) bond motifs is 1. The Balaban J connectivity index is 1.42. The fraction of sp³-hybridized carbons (Fsp3) is 0.235. The number of hydrogen-bond donors (Lipinski definition) is 1. The Bertz CT molecular complexity index is 1250. The van der Waals surface area contributed by atoms with E-state index in [0.717, 1.165) is 40.8 Å². The lowest BCUT2D eigenvalue weighted by Crippen LogP contribution is -2.67.